The summed E-state index contributed by atoms with van der Waals surface area (Å²) in [6.07, 6.45) is 0. The molecule has 0 fully saturated rings. The first-order valence-electron chi connectivity index (χ1n) is 6.14. The predicted octanol–water partition coefficient (Wildman–Crippen LogP) is 3.70. The number of nitrogens with zero attached hydrogens (tertiary/aromatic N) is 1. The summed E-state index contributed by atoms with van der Waals surface area (Å²) < 4.78 is 5.57. The normalized spacial score (nSPS) is 10.2. The van der Waals surface area contributed by atoms with Gasteiger partial charge in [0.15, 0.2) is 0 Å². The number of rotatable bonds is 4. The SMILES string of the molecule is Cc1cc(C)cc(Oc2ccc(C(=O)O)c([N+](=O)[O-])c2)c1. The van der Waals surface area contributed by atoms with Crippen LogP contribution in [0, 0.1) is 24.0 Å². The minimum Gasteiger partial charge on any atom is -0.477 e. The highest BCUT2D eigenvalue weighted by Crippen LogP contribution is 2.29. The third-order valence-electron chi connectivity index (χ3n) is 2.83. The molecule has 0 aliphatic carbocycles. The molecule has 6 heteroatoms. The summed E-state index contributed by atoms with van der Waals surface area (Å²) in [7, 11) is 0. The number of hydrogen-bond donors (Lipinski definition) is 1. The summed E-state index contributed by atoms with van der Waals surface area (Å²) >= 11 is 0. The Morgan fingerprint density at radius 2 is 1.71 bits per heavy atom. The van der Waals surface area contributed by atoms with Crippen molar-refractivity contribution >= 4 is 11.7 Å². The Balaban J connectivity index is 2.39. The maximum atomic E-state index is 10.9. The largest absolute Gasteiger partial charge is 0.477 e. The smallest absolute Gasteiger partial charge is 0.342 e. The van der Waals surface area contributed by atoms with Crippen LogP contribution in [0.25, 0.3) is 0 Å². The van der Waals surface area contributed by atoms with E-state index < -0.39 is 16.6 Å². The van der Waals surface area contributed by atoms with E-state index in [-0.39, 0.29) is 11.3 Å². The standard InChI is InChI=1S/C15H13NO5/c1-9-5-10(2)7-12(6-9)21-11-3-4-13(15(17)18)14(8-11)16(19)20/h3-8H,1-2H3,(H,17,18). The van der Waals surface area contributed by atoms with Gasteiger partial charge in [-0.05, 0) is 49.2 Å². The first-order chi connectivity index (χ1) is 9.86. The minimum atomic E-state index is -1.35. The van der Waals surface area contributed by atoms with Gasteiger partial charge in [0.05, 0.1) is 11.0 Å². The van der Waals surface area contributed by atoms with Gasteiger partial charge in [0.25, 0.3) is 5.69 Å². The van der Waals surface area contributed by atoms with Crippen LogP contribution in [-0.2, 0) is 0 Å². The summed E-state index contributed by atoms with van der Waals surface area (Å²) in [5.74, 6) is -0.582. The number of nitro groups is 1. The van der Waals surface area contributed by atoms with Gasteiger partial charge in [-0.2, -0.15) is 0 Å². The Kier molecular flexibility index (Phi) is 3.89. The van der Waals surface area contributed by atoms with E-state index in [1.807, 2.05) is 19.9 Å². The third kappa shape index (κ3) is 3.36. The molecule has 0 bridgehead atoms. The van der Waals surface area contributed by atoms with Crippen LogP contribution in [0.5, 0.6) is 11.5 Å². The molecule has 0 amide bonds. The molecule has 2 rings (SSSR count). The lowest BCUT2D eigenvalue weighted by Crippen LogP contribution is -2.02. The molecule has 1 N–H and O–H groups in total. The van der Waals surface area contributed by atoms with Crippen molar-refractivity contribution in [2.24, 2.45) is 0 Å². The average molecular weight is 287 g/mol. The van der Waals surface area contributed by atoms with Crippen molar-refractivity contribution in [2.75, 3.05) is 0 Å². The van der Waals surface area contributed by atoms with Crippen LogP contribution in [0.1, 0.15) is 21.5 Å². The van der Waals surface area contributed by atoms with Crippen molar-refractivity contribution in [1.29, 1.82) is 0 Å². The molecule has 108 valence electrons. The number of benzene rings is 2. The van der Waals surface area contributed by atoms with Crippen LogP contribution < -0.4 is 4.74 Å². The molecule has 6 nitrogen and oxygen atoms in total. The third-order valence-corrected chi connectivity index (χ3v) is 2.83. The van der Waals surface area contributed by atoms with E-state index in [1.54, 1.807) is 12.1 Å². The molecule has 0 radical (unpaired) electrons. The lowest BCUT2D eigenvalue weighted by molar-refractivity contribution is -0.385. The fraction of sp³-hybridized carbons (Fsp3) is 0.133. The highest BCUT2D eigenvalue weighted by molar-refractivity contribution is 5.92. The van der Waals surface area contributed by atoms with Crippen molar-refractivity contribution in [3.05, 3.63) is 63.2 Å². The van der Waals surface area contributed by atoms with E-state index in [2.05, 4.69) is 0 Å². The monoisotopic (exact) mass is 287 g/mol. The van der Waals surface area contributed by atoms with Crippen molar-refractivity contribution in [3.8, 4) is 11.5 Å². The molecule has 0 saturated heterocycles. The molecule has 0 aliphatic rings. The second kappa shape index (κ2) is 5.62. The molecular formula is C15H13NO5. The number of carboxylic acids is 1. The zero-order chi connectivity index (χ0) is 15.6. The van der Waals surface area contributed by atoms with Crippen LogP contribution in [0.2, 0.25) is 0 Å². The highest BCUT2D eigenvalue weighted by Gasteiger charge is 2.20. The molecule has 0 saturated carbocycles. The van der Waals surface area contributed by atoms with E-state index in [9.17, 15) is 14.9 Å². The number of nitro benzene ring substituents is 1. The van der Waals surface area contributed by atoms with Crippen LogP contribution in [0.4, 0.5) is 5.69 Å². The number of ether oxygens (including phenoxy) is 1. The Morgan fingerprint density at radius 1 is 1.10 bits per heavy atom. The number of aryl methyl sites for hydroxylation is 2. The van der Waals surface area contributed by atoms with Crippen molar-refractivity contribution in [1.82, 2.24) is 0 Å². The fourth-order valence-corrected chi connectivity index (χ4v) is 2.03. The molecule has 21 heavy (non-hydrogen) atoms. The van der Waals surface area contributed by atoms with Gasteiger partial charge >= 0.3 is 5.97 Å². The predicted molar refractivity (Wildman–Crippen MR) is 76.0 cm³/mol. The lowest BCUT2D eigenvalue weighted by atomic mass is 10.1. The van der Waals surface area contributed by atoms with Crippen LogP contribution in [-0.4, -0.2) is 16.0 Å². The Bertz CT molecular complexity index is 704. The maximum absolute atomic E-state index is 10.9. The van der Waals surface area contributed by atoms with Gasteiger partial charge in [0.2, 0.25) is 0 Å². The zero-order valence-electron chi connectivity index (χ0n) is 11.5. The molecule has 0 aliphatic heterocycles. The second-order valence-corrected chi connectivity index (χ2v) is 4.67. The first-order valence-corrected chi connectivity index (χ1v) is 6.14. The fourth-order valence-electron chi connectivity index (χ4n) is 2.03. The van der Waals surface area contributed by atoms with Gasteiger partial charge in [-0.1, -0.05) is 6.07 Å². The van der Waals surface area contributed by atoms with E-state index in [4.69, 9.17) is 9.84 Å². The van der Waals surface area contributed by atoms with Crippen LogP contribution in [0.15, 0.2) is 36.4 Å². The summed E-state index contributed by atoms with van der Waals surface area (Å²) in [5.41, 5.74) is 1.14. The lowest BCUT2D eigenvalue weighted by Gasteiger charge is -2.08. The van der Waals surface area contributed by atoms with E-state index >= 15 is 0 Å². The summed E-state index contributed by atoms with van der Waals surface area (Å²) in [5, 5.41) is 19.8. The number of carboxylic acid groups (broad SMARTS) is 1. The summed E-state index contributed by atoms with van der Waals surface area (Å²) in [6.45, 7) is 3.83. The van der Waals surface area contributed by atoms with Crippen molar-refractivity contribution < 1.29 is 19.6 Å². The molecule has 0 spiro atoms. The average Bonchev–Trinajstić information content (AvgIpc) is 2.36. The molecule has 0 aromatic heterocycles. The van der Waals surface area contributed by atoms with Gasteiger partial charge in [-0.3, -0.25) is 10.1 Å². The van der Waals surface area contributed by atoms with Crippen LogP contribution >= 0.6 is 0 Å². The molecule has 2 aromatic rings. The first kappa shape index (κ1) is 14.5. The van der Waals surface area contributed by atoms with Gasteiger partial charge in [0.1, 0.15) is 17.1 Å². The Labute approximate surface area is 120 Å². The molecule has 0 heterocycles. The quantitative estimate of drug-likeness (QED) is 0.684. The highest BCUT2D eigenvalue weighted by atomic mass is 16.6. The minimum absolute atomic E-state index is 0.219. The van der Waals surface area contributed by atoms with E-state index in [1.165, 1.54) is 12.1 Å². The van der Waals surface area contributed by atoms with Gasteiger partial charge in [-0.25, -0.2) is 4.79 Å². The van der Waals surface area contributed by atoms with Crippen molar-refractivity contribution in [3.63, 3.8) is 0 Å². The molecule has 2 aromatic carbocycles. The van der Waals surface area contributed by atoms with Gasteiger partial charge in [-0.15, -0.1) is 0 Å². The zero-order valence-corrected chi connectivity index (χ0v) is 11.5. The number of carbonyl (C=O) groups is 1. The maximum Gasteiger partial charge on any atom is 0.342 e. The summed E-state index contributed by atoms with van der Waals surface area (Å²) in [4.78, 5) is 21.1. The molecular weight excluding hydrogens is 274 g/mol. The van der Waals surface area contributed by atoms with Gasteiger partial charge in [0, 0.05) is 0 Å². The molecule has 0 unspecified atom stereocenters. The van der Waals surface area contributed by atoms with Crippen LogP contribution in [0.3, 0.4) is 0 Å². The van der Waals surface area contributed by atoms with Crippen molar-refractivity contribution in [2.45, 2.75) is 13.8 Å². The summed E-state index contributed by atoms with van der Waals surface area (Å²) in [6, 6.07) is 9.24. The number of aromatic carboxylic acids is 1. The van der Waals surface area contributed by atoms with E-state index in [0.29, 0.717) is 5.75 Å². The topological polar surface area (TPSA) is 89.7 Å². The Morgan fingerprint density at radius 3 is 2.24 bits per heavy atom. The van der Waals surface area contributed by atoms with E-state index in [0.717, 1.165) is 17.2 Å². The second-order valence-electron chi connectivity index (χ2n) is 4.67. The van der Waals surface area contributed by atoms with Gasteiger partial charge < -0.3 is 9.84 Å². The Hall–Kier alpha value is -2.89. The molecule has 0 atom stereocenters. The number of hydrogen-bond acceptors (Lipinski definition) is 4.